The monoisotopic (exact) mass is 208 g/mol. The predicted molar refractivity (Wildman–Crippen MR) is 52.7 cm³/mol. The molecule has 1 heterocycles. The molecular weight excluding hydrogens is 196 g/mol. The fourth-order valence-corrected chi connectivity index (χ4v) is 1.79. The molecule has 0 spiro atoms. The minimum Gasteiger partial charge on any atom is -0.481 e. The fraction of sp³-hybridized carbons (Fsp3) is 0.500. The molecule has 5 nitrogen and oxygen atoms in total. The smallest absolute Gasteiger partial charge is 0.347 e. The van der Waals surface area contributed by atoms with Crippen LogP contribution in [0.5, 0.6) is 0 Å². The minimum atomic E-state index is -0.923. The van der Waals surface area contributed by atoms with Crippen LogP contribution in [0.4, 0.5) is 0 Å². The van der Waals surface area contributed by atoms with Crippen molar-refractivity contribution < 1.29 is 9.90 Å². The lowest BCUT2D eigenvalue weighted by atomic mass is 9.92. The number of hydrogen-bond acceptors (Lipinski definition) is 3. The summed E-state index contributed by atoms with van der Waals surface area (Å²) < 4.78 is 1.53. The van der Waals surface area contributed by atoms with E-state index in [1.165, 1.54) is 10.8 Å². The molecule has 0 unspecified atom stereocenters. The Morgan fingerprint density at radius 3 is 2.87 bits per heavy atom. The van der Waals surface area contributed by atoms with Gasteiger partial charge in [0.05, 0.1) is 6.42 Å². The third-order valence-electron chi connectivity index (χ3n) is 2.74. The van der Waals surface area contributed by atoms with E-state index in [-0.39, 0.29) is 18.2 Å². The Hall–Kier alpha value is -1.65. The molecule has 1 aromatic rings. The highest BCUT2D eigenvalue weighted by Crippen LogP contribution is 2.30. The normalized spacial score (nSPS) is 16.0. The maximum Gasteiger partial charge on any atom is 0.347 e. The molecule has 80 valence electrons. The van der Waals surface area contributed by atoms with E-state index in [2.05, 4.69) is 4.98 Å². The van der Waals surface area contributed by atoms with Crippen molar-refractivity contribution in [1.82, 2.24) is 9.55 Å². The maximum atomic E-state index is 11.5. The molecule has 1 fully saturated rings. The second-order valence-corrected chi connectivity index (χ2v) is 3.74. The number of aliphatic carboxylic acids is 1. The zero-order valence-corrected chi connectivity index (χ0v) is 8.22. The van der Waals surface area contributed by atoms with Crippen LogP contribution < -0.4 is 5.69 Å². The van der Waals surface area contributed by atoms with Crippen molar-refractivity contribution >= 4 is 5.97 Å². The Morgan fingerprint density at radius 2 is 2.33 bits per heavy atom. The zero-order chi connectivity index (χ0) is 10.8. The average Bonchev–Trinajstić information content (AvgIpc) is 2.06. The molecule has 5 heteroatoms. The molecule has 2 rings (SSSR count). The van der Waals surface area contributed by atoms with Crippen molar-refractivity contribution in [3.8, 4) is 0 Å². The first-order chi connectivity index (χ1) is 7.18. The van der Waals surface area contributed by atoms with Crippen LogP contribution in [0.25, 0.3) is 0 Å². The number of carbonyl (C=O) groups is 1. The third kappa shape index (κ3) is 1.91. The first kappa shape index (κ1) is 9.89. The van der Waals surface area contributed by atoms with Gasteiger partial charge in [-0.2, -0.15) is 0 Å². The highest BCUT2D eigenvalue weighted by Gasteiger charge is 2.23. The summed E-state index contributed by atoms with van der Waals surface area (Å²) in [5.41, 5.74) is 0.214. The second-order valence-electron chi connectivity index (χ2n) is 3.74. The maximum absolute atomic E-state index is 11.5. The second kappa shape index (κ2) is 3.84. The summed E-state index contributed by atoms with van der Waals surface area (Å²) in [7, 11) is 0. The van der Waals surface area contributed by atoms with Crippen molar-refractivity contribution in [2.45, 2.75) is 31.7 Å². The van der Waals surface area contributed by atoms with Gasteiger partial charge >= 0.3 is 11.7 Å². The Bertz CT molecular complexity index is 435. The zero-order valence-electron chi connectivity index (χ0n) is 8.22. The van der Waals surface area contributed by atoms with Crippen molar-refractivity contribution in [3.63, 3.8) is 0 Å². The van der Waals surface area contributed by atoms with Gasteiger partial charge in [0, 0.05) is 17.9 Å². The summed E-state index contributed by atoms with van der Waals surface area (Å²) in [6, 6.07) is 1.76. The van der Waals surface area contributed by atoms with Crippen LogP contribution in [0.1, 0.15) is 31.0 Å². The van der Waals surface area contributed by atoms with E-state index < -0.39 is 5.97 Å². The summed E-state index contributed by atoms with van der Waals surface area (Å²) in [5, 5.41) is 8.72. The topological polar surface area (TPSA) is 72.2 Å². The molecule has 0 saturated heterocycles. The lowest BCUT2D eigenvalue weighted by Crippen LogP contribution is -2.33. The average molecular weight is 208 g/mol. The minimum absolute atomic E-state index is 0.117. The lowest BCUT2D eigenvalue weighted by Gasteiger charge is -2.29. The van der Waals surface area contributed by atoms with Gasteiger partial charge < -0.3 is 5.11 Å². The molecule has 0 atom stereocenters. The van der Waals surface area contributed by atoms with Crippen LogP contribution in [-0.4, -0.2) is 20.6 Å². The first-order valence-electron chi connectivity index (χ1n) is 4.96. The molecule has 0 aromatic carbocycles. The van der Waals surface area contributed by atoms with Crippen LogP contribution in [0, 0.1) is 0 Å². The highest BCUT2D eigenvalue weighted by molar-refractivity contribution is 5.69. The van der Waals surface area contributed by atoms with Crippen LogP contribution in [0.3, 0.4) is 0 Å². The largest absolute Gasteiger partial charge is 0.481 e. The van der Waals surface area contributed by atoms with Crippen molar-refractivity contribution in [1.29, 1.82) is 0 Å². The van der Waals surface area contributed by atoms with E-state index in [4.69, 9.17) is 5.11 Å². The summed E-state index contributed by atoms with van der Waals surface area (Å²) in [4.78, 5) is 25.8. The standard InChI is InChI=1S/C10H12N2O3/c13-9(14)6-8-4-5-11-10(15)12(8)7-2-1-3-7/h4-5,7H,1-3,6H2,(H,13,14). The SMILES string of the molecule is O=C(O)Cc1ccnc(=O)n1C1CCC1. The third-order valence-corrected chi connectivity index (χ3v) is 2.74. The van der Waals surface area contributed by atoms with E-state index in [0.717, 1.165) is 19.3 Å². The Morgan fingerprint density at radius 1 is 1.60 bits per heavy atom. The molecule has 0 aliphatic heterocycles. The molecule has 15 heavy (non-hydrogen) atoms. The molecule has 1 N–H and O–H groups in total. The molecule has 0 radical (unpaired) electrons. The van der Waals surface area contributed by atoms with E-state index >= 15 is 0 Å². The van der Waals surface area contributed by atoms with Gasteiger partial charge in [0.25, 0.3) is 0 Å². The van der Waals surface area contributed by atoms with Crippen LogP contribution in [0.2, 0.25) is 0 Å². The van der Waals surface area contributed by atoms with Gasteiger partial charge in [-0.25, -0.2) is 9.78 Å². The van der Waals surface area contributed by atoms with E-state index in [9.17, 15) is 9.59 Å². The van der Waals surface area contributed by atoms with E-state index in [1.807, 2.05) is 0 Å². The van der Waals surface area contributed by atoms with Gasteiger partial charge in [-0.15, -0.1) is 0 Å². The molecule has 1 aromatic heterocycles. The van der Waals surface area contributed by atoms with E-state index in [0.29, 0.717) is 5.69 Å². The van der Waals surface area contributed by atoms with Crippen molar-refractivity contribution in [3.05, 3.63) is 28.4 Å². The summed E-state index contributed by atoms with van der Waals surface area (Å²) in [5.74, 6) is -0.923. The molecule has 1 saturated carbocycles. The number of hydrogen-bond donors (Lipinski definition) is 1. The first-order valence-corrected chi connectivity index (χ1v) is 4.96. The predicted octanol–water partition coefficient (Wildman–Crippen LogP) is 0.595. The lowest BCUT2D eigenvalue weighted by molar-refractivity contribution is -0.136. The Kier molecular flexibility index (Phi) is 2.53. The van der Waals surface area contributed by atoms with E-state index in [1.54, 1.807) is 6.07 Å². The van der Waals surface area contributed by atoms with Gasteiger partial charge in [0.15, 0.2) is 0 Å². The number of aromatic nitrogens is 2. The summed E-state index contributed by atoms with van der Waals surface area (Å²) >= 11 is 0. The number of rotatable bonds is 3. The van der Waals surface area contributed by atoms with Crippen LogP contribution in [-0.2, 0) is 11.2 Å². The Labute approximate surface area is 86.4 Å². The molecule has 1 aliphatic carbocycles. The molecule has 1 aliphatic rings. The van der Waals surface area contributed by atoms with Crippen molar-refractivity contribution in [2.75, 3.05) is 0 Å². The van der Waals surface area contributed by atoms with Gasteiger partial charge in [-0.1, -0.05) is 0 Å². The van der Waals surface area contributed by atoms with Gasteiger partial charge in [0.2, 0.25) is 0 Å². The molecule has 0 amide bonds. The van der Waals surface area contributed by atoms with Crippen LogP contribution in [0.15, 0.2) is 17.1 Å². The number of carboxylic acid groups (broad SMARTS) is 1. The van der Waals surface area contributed by atoms with Gasteiger partial charge in [-0.05, 0) is 25.3 Å². The van der Waals surface area contributed by atoms with Gasteiger partial charge in [0.1, 0.15) is 0 Å². The van der Waals surface area contributed by atoms with Crippen molar-refractivity contribution in [2.24, 2.45) is 0 Å². The molecular formula is C10H12N2O3. The Balaban J connectivity index is 2.39. The quantitative estimate of drug-likeness (QED) is 0.789. The molecule has 0 bridgehead atoms. The highest BCUT2D eigenvalue weighted by atomic mass is 16.4. The number of carboxylic acids is 1. The van der Waals surface area contributed by atoms with Crippen LogP contribution >= 0.6 is 0 Å². The number of nitrogens with zero attached hydrogens (tertiary/aromatic N) is 2. The fourth-order valence-electron chi connectivity index (χ4n) is 1.79. The van der Waals surface area contributed by atoms with Gasteiger partial charge in [-0.3, -0.25) is 9.36 Å². The summed E-state index contributed by atoms with van der Waals surface area (Å²) in [6.45, 7) is 0. The summed E-state index contributed by atoms with van der Waals surface area (Å²) in [6.07, 6.45) is 4.24.